The minimum absolute atomic E-state index is 0.386. The van der Waals surface area contributed by atoms with Crippen molar-refractivity contribution in [2.45, 2.75) is 51.2 Å². The minimum atomic E-state index is -0.386. The summed E-state index contributed by atoms with van der Waals surface area (Å²) in [5.74, 6) is 0.448. The van der Waals surface area contributed by atoms with Crippen molar-refractivity contribution in [2.24, 2.45) is 5.92 Å². The van der Waals surface area contributed by atoms with Crippen molar-refractivity contribution in [3.05, 3.63) is 29.3 Å². The standard InChI is InChI=1S/C18H28N2O/c1-14-6-7-17(15(11-14)12-19-2)20-10-9-18(21)8-4-3-5-16(18)13-20/h6-7,11,16,19,21H,3-5,8-10,12-13H2,1-2H3. The number of anilines is 1. The summed E-state index contributed by atoms with van der Waals surface area (Å²) >= 11 is 0. The van der Waals surface area contributed by atoms with Gasteiger partial charge in [-0.2, -0.15) is 0 Å². The summed E-state index contributed by atoms with van der Waals surface area (Å²) in [7, 11) is 2.00. The first-order chi connectivity index (χ1) is 10.1. The van der Waals surface area contributed by atoms with Crippen molar-refractivity contribution in [1.82, 2.24) is 5.32 Å². The molecule has 21 heavy (non-hydrogen) atoms. The van der Waals surface area contributed by atoms with Crippen LogP contribution < -0.4 is 10.2 Å². The van der Waals surface area contributed by atoms with Gasteiger partial charge in [0.15, 0.2) is 0 Å². The van der Waals surface area contributed by atoms with Crippen LogP contribution in [-0.4, -0.2) is 30.8 Å². The van der Waals surface area contributed by atoms with Crippen molar-refractivity contribution in [3.63, 3.8) is 0 Å². The molecule has 3 heteroatoms. The van der Waals surface area contributed by atoms with E-state index in [0.717, 1.165) is 32.5 Å². The van der Waals surface area contributed by atoms with Gasteiger partial charge < -0.3 is 15.3 Å². The van der Waals surface area contributed by atoms with E-state index in [0.29, 0.717) is 5.92 Å². The Morgan fingerprint density at radius 1 is 1.33 bits per heavy atom. The summed E-state index contributed by atoms with van der Waals surface area (Å²) in [4.78, 5) is 2.50. The van der Waals surface area contributed by atoms with Gasteiger partial charge >= 0.3 is 0 Å². The van der Waals surface area contributed by atoms with Crippen LogP contribution in [0.3, 0.4) is 0 Å². The first kappa shape index (κ1) is 14.9. The second-order valence-corrected chi connectivity index (χ2v) is 6.90. The van der Waals surface area contributed by atoms with Crippen LogP contribution in [-0.2, 0) is 6.54 Å². The number of fused-ring (bicyclic) bond motifs is 1. The zero-order valence-electron chi connectivity index (χ0n) is 13.4. The molecular formula is C18H28N2O. The Balaban J connectivity index is 1.82. The maximum Gasteiger partial charge on any atom is 0.0709 e. The molecule has 1 saturated heterocycles. The highest BCUT2D eigenvalue weighted by Crippen LogP contribution is 2.41. The van der Waals surface area contributed by atoms with Crippen LogP contribution in [0.1, 0.15) is 43.2 Å². The molecule has 0 aromatic heterocycles. The van der Waals surface area contributed by atoms with Gasteiger partial charge in [0.1, 0.15) is 0 Å². The highest BCUT2D eigenvalue weighted by Gasteiger charge is 2.42. The lowest BCUT2D eigenvalue weighted by Crippen LogP contribution is -2.53. The van der Waals surface area contributed by atoms with E-state index in [1.807, 2.05) is 7.05 Å². The number of hydrogen-bond donors (Lipinski definition) is 2. The van der Waals surface area contributed by atoms with Gasteiger partial charge in [0.25, 0.3) is 0 Å². The molecule has 1 aliphatic heterocycles. The summed E-state index contributed by atoms with van der Waals surface area (Å²) < 4.78 is 0. The molecule has 1 saturated carbocycles. The SMILES string of the molecule is CNCc1cc(C)ccc1N1CCC2(O)CCCCC2C1. The van der Waals surface area contributed by atoms with Crippen LogP contribution in [0.4, 0.5) is 5.69 Å². The molecule has 2 atom stereocenters. The molecule has 0 spiro atoms. The molecule has 1 heterocycles. The average Bonchev–Trinajstić information content (AvgIpc) is 2.47. The second-order valence-electron chi connectivity index (χ2n) is 6.90. The number of aryl methyl sites for hydroxylation is 1. The first-order valence-corrected chi connectivity index (χ1v) is 8.34. The molecule has 0 amide bonds. The predicted octanol–water partition coefficient (Wildman–Crippen LogP) is 2.85. The smallest absolute Gasteiger partial charge is 0.0709 e. The number of hydrogen-bond acceptors (Lipinski definition) is 3. The van der Waals surface area contributed by atoms with Gasteiger partial charge in [0.2, 0.25) is 0 Å². The van der Waals surface area contributed by atoms with Crippen LogP contribution in [0.2, 0.25) is 0 Å². The van der Waals surface area contributed by atoms with Crippen LogP contribution in [0, 0.1) is 12.8 Å². The van der Waals surface area contributed by atoms with E-state index in [4.69, 9.17) is 0 Å². The average molecular weight is 288 g/mol. The van der Waals surface area contributed by atoms with E-state index in [1.165, 1.54) is 36.1 Å². The van der Waals surface area contributed by atoms with E-state index in [1.54, 1.807) is 0 Å². The molecular weight excluding hydrogens is 260 g/mol. The third kappa shape index (κ3) is 2.95. The fraction of sp³-hybridized carbons (Fsp3) is 0.667. The largest absolute Gasteiger partial charge is 0.389 e. The van der Waals surface area contributed by atoms with Gasteiger partial charge in [-0.1, -0.05) is 30.5 Å². The summed E-state index contributed by atoms with van der Waals surface area (Å²) in [6.07, 6.45) is 5.58. The second kappa shape index (κ2) is 5.98. The van der Waals surface area contributed by atoms with Crippen molar-refractivity contribution < 1.29 is 5.11 Å². The number of nitrogens with zero attached hydrogens (tertiary/aromatic N) is 1. The molecule has 1 aromatic carbocycles. The lowest BCUT2D eigenvalue weighted by atomic mass is 9.71. The Morgan fingerprint density at radius 2 is 2.19 bits per heavy atom. The Kier molecular flexibility index (Phi) is 4.23. The topological polar surface area (TPSA) is 35.5 Å². The molecule has 0 bridgehead atoms. The van der Waals surface area contributed by atoms with Crippen LogP contribution >= 0.6 is 0 Å². The minimum Gasteiger partial charge on any atom is -0.389 e. The van der Waals surface area contributed by atoms with Gasteiger partial charge in [-0.3, -0.25) is 0 Å². The lowest BCUT2D eigenvalue weighted by molar-refractivity contribution is -0.0612. The maximum absolute atomic E-state index is 10.8. The van der Waals surface area contributed by atoms with E-state index in [2.05, 4.69) is 35.3 Å². The van der Waals surface area contributed by atoms with Crippen LogP contribution in [0.5, 0.6) is 0 Å². The van der Waals surface area contributed by atoms with Gasteiger partial charge in [0, 0.05) is 31.2 Å². The molecule has 2 aliphatic rings. The molecule has 1 aliphatic carbocycles. The normalized spacial score (nSPS) is 29.3. The fourth-order valence-electron chi connectivity index (χ4n) is 4.14. The number of piperidine rings is 1. The number of nitrogens with one attached hydrogen (secondary N) is 1. The van der Waals surface area contributed by atoms with E-state index < -0.39 is 0 Å². The van der Waals surface area contributed by atoms with Crippen LogP contribution in [0.15, 0.2) is 18.2 Å². The van der Waals surface area contributed by atoms with Gasteiger partial charge in [0.05, 0.1) is 5.60 Å². The molecule has 1 aromatic rings. The summed E-state index contributed by atoms with van der Waals surface area (Å²) in [6.45, 7) is 5.05. The Morgan fingerprint density at radius 3 is 3.00 bits per heavy atom. The van der Waals surface area contributed by atoms with E-state index in [-0.39, 0.29) is 5.60 Å². The highest BCUT2D eigenvalue weighted by atomic mass is 16.3. The summed E-state index contributed by atoms with van der Waals surface area (Å²) in [5.41, 5.74) is 3.65. The van der Waals surface area contributed by atoms with E-state index >= 15 is 0 Å². The highest BCUT2D eigenvalue weighted by molar-refractivity contribution is 5.55. The van der Waals surface area contributed by atoms with E-state index in [9.17, 15) is 5.11 Å². The van der Waals surface area contributed by atoms with Crippen molar-refractivity contribution in [3.8, 4) is 0 Å². The summed E-state index contributed by atoms with van der Waals surface area (Å²) in [5, 5.41) is 14.1. The third-order valence-electron chi connectivity index (χ3n) is 5.37. The van der Waals surface area contributed by atoms with Crippen molar-refractivity contribution >= 4 is 5.69 Å². The zero-order valence-corrected chi connectivity index (χ0v) is 13.4. The first-order valence-electron chi connectivity index (χ1n) is 8.34. The lowest BCUT2D eigenvalue weighted by Gasteiger charge is -2.48. The Hall–Kier alpha value is -1.06. The zero-order chi connectivity index (χ0) is 14.9. The number of rotatable bonds is 3. The number of aliphatic hydroxyl groups is 1. The van der Waals surface area contributed by atoms with Gasteiger partial charge in [-0.15, -0.1) is 0 Å². The third-order valence-corrected chi connectivity index (χ3v) is 5.37. The maximum atomic E-state index is 10.8. The molecule has 2 unspecified atom stereocenters. The van der Waals surface area contributed by atoms with Crippen LogP contribution in [0.25, 0.3) is 0 Å². The monoisotopic (exact) mass is 288 g/mol. The Bertz CT molecular complexity index is 502. The van der Waals surface area contributed by atoms with Gasteiger partial charge in [-0.25, -0.2) is 0 Å². The summed E-state index contributed by atoms with van der Waals surface area (Å²) in [6, 6.07) is 6.75. The van der Waals surface area contributed by atoms with Crippen molar-refractivity contribution in [1.29, 1.82) is 0 Å². The Labute approximate surface area is 128 Å². The molecule has 3 rings (SSSR count). The molecule has 2 fully saturated rings. The molecule has 116 valence electrons. The number of benzene rings is 1. The molecule has 0 radical (unpaired) electrons. The quantitative estimate of drug-likeness (QED) is 0.898. The van der Waals surface area contributed by atoms with Crippen molar-refractivity contribution in [2.75, 3.05) is 25.0 Å². The van der Waals surface area contributed by atoms with Gasteiger partial charge in [-0.05, 0) is 44.9 Å². The molecule has 3 nitrogen and oxygen atoms in total. The predicted molar refractivity (Wildman–Crippen MR) is 87.7 cm³/mol. The fourth-order valence-corrected chi connectivity index (χ4v) is 4.14. The molecule has 2 N–H and O–H groups in total.